The van der Waals surface area contributed by atoms with E-state index >= 15 is 0 Å². The van der Waals surface area contributed by atoms with Crippen molar-refractivity contribution in [3.63, 3.8) is 0 Å². The molecule has 0 spiro atoms. The number of nitrogens with zero attached hydrogens (tertiary/aromatic N) is 1. The first kappa shape index (κ1) is 11.6. The van der Waals surface area contributed by atoms with Gasteiger partial charge in [-0.1, -0.05) is 11.6 Å². The summed E-state index contributed by atoms with van der Waals surface area (Å²) in [6.45, 7) is 0. The van der Waals surface area contributed by atoms with Gasteiger partial charge in [0.15, 0.2) is 0 Å². The molecule has 1 aromatic heterocycles. The summed E-state index contributed by atoms with van der Waals surface area (Å²) in [7, 11) is 0. The highest BCUT2D eigenvalue weighted by atomic mass is 127. The van der Waals surface area contributed by atoms with E-state index in [1.807, 2.05) is 0 Å². The third kappa shape index (κ3) is 2.30. The number of hydrogen-bond acceptors (Lipinski definition) is 2. The Morgan fingerprint density at radius 1 is 1.64 bits per heavy atom. The van der Waals surface area contributed by atoms with Gasteiger partial charge in [-0.2, -0.15) is 0 Å². The summed E-state index contributed by atoms with van der Waals surface area (Å²) in [4.78, 5) is 14.3. The summed E-state index contributed by atoms with van der Waals surface area (Å²) in [6, 6.07) is 0.900. The summed E-state index contributed by atoms with van der Waals surface area (Å²) < 4.78 is 24.7. The molecule has 2 N–H and O–H groups in total. The Hall–Kier alpha value is -0.500. The van der Waals surface area contributed by atoms with Crippen molar-refractivity contribution in [2.45, 2.75) is 6.43 Å². The van der Waals surface area contributed by atoms with Gasteiger partial charge in [0.1, 0.15) is 9.39 Å². The van der Waals surface area contributed by atoms with Crippen LogP contribution >= 0.6 is 34.2 Å². The minimum atomic E-state index is -2.75. The van der Waals surface area contributed by atoms with Crippen LogP contribution in [0.5, 0.6) is 0 Å². The van der Waals surface area contributed by atoms with Crippen LogP contribution in [0.25, 0.3) is 0 Å². The highest BCUT2D eigenvalue weighted by molar-refractivity contribution is 14.1. The predicted octanol–water partition coefficient (Wildman–Crippen LogP) is 2.38. The van der Waals surface area contributed by atoms with Crippen molar-refractivity contribution in [1.29, 1.82) is 0 Å². The number of aromatic nitrogens is 1. The number of carbonyl (C=O) groups excluding carboxylic acids is 1. The fraction of sp³-hybridized carbons (Fsp3) is 0.143. The number of halogens is 4. The quantitative estimate of drug-likeness (QED) is 0.668. The topological polar surface area (TPSA) is 56.0 Å². The van der Waals surface area contributed by atoms with Crippen LogP contribution in [0.1, 0.15) is 22.5 Å². The normalized spacial score (nSPS) is 10.6. The molecule has 1 amide bonds. The van der Waals surface area contributed by atoms with E-state index in [4.69, 9.17) is 17.3 Å². The number of nitrogens with two attached hydrogens (primary N) is 1. The lowest BCUT2D eigenvalue weighted by Gasteiger charge is -2.05. The number of primary amides is 1. The molecule has 0 aromatic carbocycles. The van der Waals surface area contributed by atoms with Crippen LogP contribution in [-0.2, 0) is 0 Å². The van der Waals surface area contributed by atoms with Crippen molar-refractivity contribution in [2.24, 2.45) is 5.73 Å². The van der Waals surface area contributed by atoms with Gasteiger partial charge in [0.25, 0.3) is 6.43 Å². The number of pyridine rings is 1. The Morgan fingerprint density at radius 3 is 2.64 bits per heavy atom. The maximum atomic E-state index is 12.3. The van der Waals surface area contributed by atoms with Gasteiger partial charge in [0.2, 0.25) is 5.91 Å². The fourth-order valence-electron chi connectivity index (χ4n) is 0.808. The lowest BCUT2D eigenvalue weighted by atomic mass is 10.2. The minimum Gasteiger partial charge on any atom is -0.366 e. The lowest BCUT2D eigenvalue weighted by Crippen LogP contribution is -2.13. The van der Waals surface area contributed by atoms with Gasteiger partial charge in [0.05, 0.1) is 10.6 Å². The predicted molar refractivity (Wildman–Crippen MR) is 55.4 cm³/mol. The van der Waals surface area contributed by atoms with E-state index < -0.39 is 18.0 Å². The molecule has 0 saturated carbocycles. The van der Waals surface area contributed by atoms with Gasteiger partial charge in [0, 0.05) is 0 Å². The first-order valence-corrected chi connectivity index (χ1v) is 4.83. The monoisotopic (exact) mass is 332 g/mol. The Morgan fingerprint density at radius 2 is 2.21 bits per heavy atom. The molecule has 0 radical (unpaired) electrons. The first-order valence-electron chi connectivity index (χ1n) is 3.37. The first-order chi connectivity index (χ1) is 6.43. The Balaban J connectivity index is 3.35. The molecule has 1 heterocycles. The SMILES string of the molecule is NC(=O)c1cc(C(F)F)nc(I)c1Cl. The molecular weight excluding hydrogens is 328 g/mol. The standard InChI is InChI=1S/C7H4ClF2IN2O/c8-4-2(7(12)14)1-3(5(9)10)13-6(4)11/h1,5H,(H2,12,14). The Labute approximate surface area is 96.8 Å². The van der Waals surface area contributed by atoms with Gasteiger partial charge in [-0.3, -0.25) is 4.79 Å². The molecule has 0 fully saturated rings. The Bertz CT molecular complexity index is 386. The van der Waals surface area contributed by atoms with Gasteiger partial charge < -0.3 is 5.73 Å². The summed E-state index contributed by atoms with van der Waals surface area (Å²) in [5.74, 6) is -0.850. The number of rotatable bonds is 2. The molecule has 0 unspecified atom stereocenters. The van der Waals surface area contributed by atoms with Crippen LogP contribution in [0.4, 0.5) is 8.78 Å². The van der Waals surface area contributed by atoms with E-state index in [2.05, 4.69) is 4.98 Å². The summed E-state index contributed by atoms with van der Waals surface area (Å²) in [5, 5.41) is 0.00231. The highest BCUT2D eigenvalue weighted by Gasteiger charge is 2.17. The second-order valence-corrected chi connectivity index (χ2v) is 3.76. The van der Waals surface area contributed by atoms with Crippen molar-refractivity contribution in [3.8, 4) is 0 Å². The average molecular weight is 332 g/mol. The molecule has 0 saturated heterocycles. The molecule has 0 atom stereocenters. The van der Waals surface area contributed by atoms with Crippen LogP contribution in [-0.4, -0.2) is 10.9 Å². The molecule has 3 nitrogen and oxygen atoms in total. The van der Waals surface area contributed by atoms with E-state index in [1.165, 1.54) is 0 Å². The molecule has 0 aliphatic heterocycles. The van der Waals surface area contributed by atoms with E-state index in [-0.39, 0.29) is 14.3 Å². The van der Waals surface area contributed by atoms with E-state index in [0.717, 1.165) is 6.07 Å². The summed E-state index contributed by atoms with van der Waals surface area (Å²) in [6.07, 6.45) is -2.75. The van der Waals surface area contributed by atoms with Crippen molar-refractivity contribution in [1.82, 2.24) is 4.98 Å². The summed E-state index contributed by atoms with van der Waals surface area (Å²) >= 11 is 7.31. The van der Waals surface area contributed by atoms with Crippen LogP contribution in [0.15, 0.2) is 6.07 Å². The van der Waals surface area contributed by atoms with Crippen molar-refractivity contribution in [2.75, 3.05) is 0 Å². The molecule has 14 heavy (non-hydrogen) atoms. The van der Waals surface area contributed by atoms with Crippen molar-refractivity contribution in [3.05, 3.63) is 26.0 Å². The molecule has 0 bridgehead atoms. The van der Waals surface area contributed by atoms with E-state index in [9.17, 15) is 13.6 Å². The number of hydrogen-bond donors (Lipinski definition) is 1. The van der Waals surface area contributed by atoms with Gasteiger partial charge in [-0.25, -0.2) is 13.8 Å². The molecule has 1 aromatic rings. The molecule has 1 rings (SSSR count). The number of alkyl halides is 2. The summed E-state index contributed by atoms with van der Waals surface area (Å²) in [5.41, 5.74) is 4.31. The zero-order chi connectivity index (χ0) is 10.9. The van der Waals surface area contributed by atoms with E-state index in [0.29, 0.717) is 0 Å². The third-order valence-corrected chi connectivity index (χ3v) is 2.91. The van der Waals surface area contributed by atoms with Crippen LogP contribution in [0, 0.1) is 3.70 Å². The average Bonchev–Trinajstić information content (AvgIpc) is 2.08. The van der Waals surface area contributed by atoms with Crippen LogP contribution in [0.3, 0.4) is 0 Å². The van der Waals surface area contributed by atoms with Crippen molar-refractivity contribution < 1.29 is 13.6 Å². The number of carbonyl (C=O) groups is 1. The second kappa shape index (κ2) is 4.35. The molecule has 7 heteroatoms. The minimum absolute atomic E-state index is 0.00231. The molecule has 0 aliphatic rings. The van der Waals surface area contributed by atoms with Crippen molar-refractivity contribution >= 4 is 40.1 Å². The van der Waals surface area contributed by atoms with Gasteiger partial charge in [-0.15, -0.1) is 0 Å². The highest BCUT2D eigenvalue weighted by Crippen LogP contribution is 2.26. The molecule has 76 valence electrons. The largest absolute Gasteiger partial charge is 0.366 e. The second-order valence-electron chi connectivity index (χ2n) is 2.36. The van der Waals surface area contributed by atoms with Crippen LogP contribution < -0.4 is 5.73 Å². The van der Waals surface area contributed by atoms with Gasteiger partial charge in [-0.05, 0) is 28.7 Å². The molecular formula is C7H4ClF2IN2O. The zero-order valence-corrected chi connectivity index (χ0v) is 9.51. The maximum absolute atomic E-state index is 12.3. The third-order valence-electron chi connectivity index (χ3n) is 1.43. The van der Waals surface area contributed by atoms with Gasteiger partial charge >= 0.3 is 0 Å². The number of amides is 1. The Kier molecular flexibility index (Phi) is 3.59. The molecule has 0 aliphatic carbocycles. The lowest BCUT2D eigenvalue weighted by molar-refractivity contribution is 0.0999. The smallest absolute Gasteiger partial charge is 0.280 e. The fourth-order valence-corrected chi connectivity index (χ4v) is 1.57. The van der Waals surface area contributed by atoms with E-state index in [1.54, 1.807) is 22.6 Å². The zero-order valence-electron chi connectivity index (χ0n) is 6.60. The van der Waals surface area contributed by atoms with Crippen LogP contribution in [0.2, 0.25) is 5.02 Å². The maximum Gasteiger partial charge on any atom is 0.280 e.